The Balaban J connectivity index is 2.13. The molecule has 0 amide bonds. The smallest absolute Gasteiger partial charge is 0.164 e. The van der Waals surface area contributed by atoms with E-state index in [9.17, 15) is 10.2 Å². The molecule has 0 radical (unpaired) electrons. The van der Waals surface area contributed by atoms with E-state index in [0.717, 1.165) is 0 Å². The molecular weight excluding hydrogens is 240 g/mol. The van der Waals surface area contributed by atoms with Crippen molar-refractivity contribution in [2.75, 3.05) is 13.2 Å². The lowest BCUT2D eigenvalue weighted by Crippen LogP contribution is -2.56. The maximum absolute atomic E-state index is 9.98. The fourth-order valence-corrected chi connectivity index (χ4v) is 2.39. The average molecular weight is 262 g/mol. The molecule has 18 heavy (non-hydrogen) atoms. The molecule has 0 aliphatic carbocycles. The van der Waals surface area contributed by atoms with Gasteiger partial charge in [-0.2, -0.15) is 0 Å². The zero-order valence-corrected chi connectivity index (χ0v) is 11.3. The van der Waals surface area contributed by atoms with Crippen LogP contribution >= 0.6 is 0 Å². The highest BCUT2D eigenvalue weighted by Crippen LogP contribution is 2.35. The molecule has 2 saturated heterocycles. The van der Waals surface area contributed by atoms with Crippen molar-refractivity contribution in [3.8, 4) is 0 Å². The average Bonchev–Trinajstić information content (AvgIpc) is 2.57. The molecule has 6 nitrogen and oxygen atoms in total. The summed E-state index contributed by atoms with van der Waals surface area (Å²) in [5, 5.41) is 19.3. The summed E-state index contributed by atoms with van der Waals surface area (Å²) in [6.45, 7) is 7.10. The van der Waals surface area contributed by atoms with E-state index in [1.54, 1.807) is 27.7 Å². The van der Waals surface area contributed by atoms with Crippen LogP contribution in [0, 0.1) is 0 Å². The maximum atomic E-state index is 9.98. The number of hydrogen-bond donors (Lipinski definition) is 2. The Labute approximate surface area is 107 Å². The number of aliphatic hydroxyl groups is 2. The van der Waals surface area contributed by atoms with Crippen LogP contribution in [0.2, 0.25) is 0 Å². The lowest BCUT2D eigenvalue weighted by molar-refractivity contribution is -0.322. The van der Waals surface area contributed by atoms with E-state index >= 15 is 0 Å². The minimum Gasteiger partial charge on any atom is -0.394 e. The molecule has 0 spiro atoms. The van der Waals surface area contributed by atoms with Gasteiger partial charge < -0.3 is 29.2 Å². The quantitative estimate of drug-likeness (QED) is 0.730. The summed E-state index contributed by atoms with van der Waals surface area (Å²) in [6, 6.07) is 0. The van der Waals surface area contributed by atoms with Crippen LogP contribution in [0.1, 0.15) is 27.7 Å². The second-order valence-corrected chi connectivity index (χ2v) is 5.68. The third-order valence-corrected chi connectivity index (χ3v) is 3.13. The molecular formula is C12H22O6. The van der Waals surface area contributed by atoms with Gasteiger partial charge in [-0.05, 0) is 27.7 Å². The summed E-state index contributed by atoms with van der Waals surface area (Å²) in [4.78, 5) is 0. The van der Waals surface area contributed by atoms with Crippen LogP contribution in [0.25, 0.3) is 0 Å². The third-order valence-electron chi connectivity index (χ3n) is 3.13. The minimum absolute atomic E-state index is 0.177. The Kier molecular flexibility index (Phi) is 3.70. The topological polar surface area (TPSA) is 77.4 Å². The number of rotatable bonds is 2. The van der Waals surface area contributed by atoms with E-state index in [-0.39, 0.29) is 13.2 Å². The zero-order valence-electron chi connectivity index (χ0n) is 11.3. The van der Waals surface area contributed by atoms with Crippen molar-refractivity contribution >= 4 is 0 Å². The summed E-state index contributed by atoms with van der Waals surface area (Å²) in [5.74, 6) is -1.57. The first kappa shape index (κ1) is 14.2. The normalized spacial score (nSPS) is 43.0. The molecule has 2 fully saturated rings. The van der Waals surface area contributed by atoms with Crippen molar-refractivity contribution in [2.24, 2.45) is 0 Å². The highest BCUT2D eigenvalue weighted by Gasteiger charge is 2.50. The van der Waals surface area contributed by atoms with E-state index < -0.39 is 36.0 Å². The summed E-state index contributed by atoms with van der Waals surface area (Å²) >= 11 is 0. The molecule has 2 rings (SSSR count). The number of aliphatic hydroxyl groups excluding tert-OH is 2. The van der Waals surface area contributed by atoms with Gasteiger partial charge in [0.2, 0.25) is 0 Å². The van der Waals surface area contributed by atoms with Gasteiger partial charge in [0.05, 0.1) is 13.2 Å². The first-order valence-corrected chi connectivity index (χ1v) is 6.20. The molecule has 0 aromatic heterocycles. The summed E-state index contributed by atoms with van der Waals surface area (Å²) in [6.07, 6.45) is -2.39. The van der Waals surface area contributed by atoms with E-state index in [4.69, 9.17) is 18.9 Å². The molecule has 6 heteroatoms. The molecule has 0 bridgehead atoms. The van der Waals surface area contributed by atoms with E-state index in [2.05, 4.69) is 0 Å². The fraction of sp³-hybridized carbons (Fsp3) is 1.00. The first-order valence-electron chi connectivity index (χ1n) is 6.20. The molecule has 0 saturated carbocycles. The summed E-state index contributed by atoms with van der Waals surface area (Å²) in [7, 11) is 0. The molecule has 2 N–H and O–H groups in total. The molecule has 106 valence electrons. The second kappa shape index (κ2) is 4.70. The third kappa shape index (κ3) is 2.84. The minimum atomic E-state index is -0.797. The van der Waals surface area contributed by atoms with Crippen molar-refractivity contribution in [1.82, 2.24) is 0 Å². The van der Waals surface area contributed by atoms with Crippen molar-refractivity contribution < 1.29 is 29.2 Å². The van der Waals surface area contributed by atoms with Gasteiger partial charge in [0, 0.05) is 0 Å². The summed E-state index contributed by atoms with van der Waals surface area (Å²) in [5.41, 5.74) is 0. The van der Waals surface area contributed by atoms with Crippen LogP contribution in [-0.2, 0) is 18.9 Å². The van der Waals surface area contributed by atoms with Gasteiger partial charge in [0.1, 0.15) is 24.4 Å². The van der Waals surface area contributed by atoms with Crippen LogP contribution in [0.3, 0.4) is 0 Å². The van der Waals surface area contributed by atoms with Gasteiger partial charge in [-0.1, -0.05) is 0 Å². The molecule has 0 aromatic carbocycles. The molecule has 4 atom stereocenters. The fourth-order valence-electron chi connectivity index (χ4n) is 2.39. The standard InChI is InChI=1S/C12H22O6/c1-11(2)15-6-7(14)9(17-11)10-8(5-13)16-12(3,4)18-10/h7-10,13-14H,5-6H2,1-4H3/t7-,8+,9-,10-/m1/s1. The Morgan fingerprint density at radius 2 is 1.61 bits per heavy atom. The Bertz CT molecular complexity index is 301. The predicted molar refractivity (Wildman–Crippen MR) is 61.8 cm³/mol. The zero-order chi connectivity index (χ0) is 13.6. The van der Waals surface area contributed by atoms with E-state index in [1.807, 2.05) is 0 Å². The van der Waals surface area contributed by atoms with Crippen LogP contribution in [0.4, 0.5) is 0 Å². The van der Waals surface area contributed by atoms with Crippen molar-refractivity contribution in [3.05, 3.63) is 0 Å². The molecule has 0 unspecified atom stereocenters. The Hall–Kier alpha value is -0.240. The van der Waals surface area contributed by atoms with E-state index in [0.29, 0.717) is 0 Å². The van der Waals surface area contributed by atoms with Gasteiger partial charge in [0.25, 0.3) is 0 Å². The van der Waals surface area contributed by atoms with Crippen molar-refractivity contribution in [3.63, 3.8) is 0 Å². The molecule has 2 aliphatic rings. The SMILES string of the molecule is CC1(C)OC[C@@H](O)[C@H]([C@@H]2OC(C)(C)O[C@H]2CO)O1. The number of ether oxygens (including phenoxy) is 4. The molecule has 0 aromatic rings. The largest absolute Gasteiger partial charge is 0.394 e. The van der Waals surface area contributed by atoms with Gasteiger partial charge in [-0.25, -0.2) is 0 Å². The Morgan fingerprint density at radius 1 is 1.00 bits per heavy atom. The van der Waals surface area contributed by atoms with Gasteiger partial charge >= 0.3 is 0 Å². The molecule has 2 heterocycles. The Morgan fingerprint density at radius 3 is 2.22 bits per heavy atom. The maximum Gasteiger partial charge on any atom is 0.164 e. The van der Waals surface area contributed by atoms with Crippen LogP contribution in [0.15, 0.2) is 0 Å². The lowest BCUT2D eigenvalue weighted by Gasteiger charge is -2.41. The van der Waals surface area contributed by atoms with Crippen LogP contribution in [-0.4, -0.2) is 59.4 Å². The van der Waals surface area contributed by atoms with Gasteiger partial charge in [0.15, 0.2) is 11.6 Å². The second-order valence-electron chi connectivity index (χ2n) is 5.68. The summed E-state index contributed by atoms with van der Waals surface area (Å²) < 4.78 is 22.4. The van der Waals surface area contributed by atoms with Crippen molar-refractivity contribution in [1.29, 1.82) is 0 Å². The predicted octanol–water partition coefficient (Wildman–Crippen LogP) is 0.0112. The van der Waals surface area contributed by atoms with Gasteiger partial charge in [-0.15, -0.1) is 0 Å². The van der Waals surface area contributed by atoms with Crippen molar-refractivity contribution in [2.45, 2.75) is 63.7 Å². The van der Waals surface area contributed by atoms with Crippen LogP contribution < -0.4 is 0 Å². The molecule has 2 aliphatic heterocycles. The highest BCUT2D eigenvalue weighted by atomic mass is 16.8. The van der Waals surface area contributed by atoms with Gasteiger partial charge in [-0.3, -0.25) is 0 Å². The number of hydrogen-bond acceptors (Lipinski definition) is 6. The highest BCUT2D eigenvalue weighted by molar-refractivity contribution is 4.92. The van der Waals surface area contributed by atoms with E-state index in [1.165, 1.54) is 0 Å². The van der Waals surface area contributed by atoms with Crippen LogP contribution in [0.5, 0.6) is 0 Å². The monoisotopic (exact) mass is 262 g/mol. The first-order chi connectivity index (χ1) is 8.24. The lowest BCUT2D eigenvalue weighted by atomic mass is 10.0.